The highest BCUT2D eigenvalue weighted by atomic mass is 35.5. The molecule has 1 saturated heterocycles. The standard InChI is InChI=1S/C17H18Cl2N2/c18-15-11-21(12-16(19)20-15)17(13-7-3-1-4-8-13)14-9-5-2-6-10-14/h1-10,15-17,20H,11-12H2. The third-order valence-corrected chi connectivity index (χ3v) is 4.28. The van der Waals surface area contributed by atoms with Gasteiger partial charge in [0.15, 0.2) is 0 Å². The number of hydrogen-bond donors (Lipinski definition) is 1. The van der Waals surface area contributed by atoms with Gasteiger partial charge in [-0.25, -0.2) is 0 Å². The van der Waals surface area contributed by atoms with Gasteiger partial charge in [-0.3, -0.25) is 10.2 Å². The average Bonchev–Trinajstić information content (AvgIpc) is 2.49. The maximum atomic E-state index is 6.29. The lowest BCUT2D eigenvalue weighted by Crippen LogP contribution is -2.53. The van der Waals surface area contributed by atoms with Crippen LogP contribution in [0.15, 0.2) is 60.7 Å². The summed E-state index contributed by atoms with van der Waals surface area (Å²) in [5.74, 6) is 0. The van der Waals surface area contributed by atoms with Gasteiger partial charge in [0, 0.05) is 13.1 Å². The summed E-state index contributed by atoms with van der Waals surface area (Å²) in [6, 6.07) is 21.2. The van der Waals surface area contributed by atoms with Crippen molar-refractivity contribution in [3.05, 3.63) is 71.8 Å². The Bertz CT molecular complexity index is 512. The first-order valence-electron chi connectivity index (χ1n) is 7.12. The molecule has 2 aromatic rings. The lowest BCUT2D eigenvalue weighted by atomic mass is 9.96. The molecule has 0 aliphatic carbocycles. The van der Waals surface area contributed by atoms with E-state index in [0.717, 1.165) is 13.1 Å². The molecule has 1 aliphatic heterocycles. The summed E-state index contributed by atoms with van der Waals surface area (Å²) in [6.07, 6.45) is 0. The first-order valence-corrected chi connectivity index (χ1v) is 7.99. The van der Waals surface area contributed by atoms with Crippen LogP contribution in [0.2, 0.25) is 0 Å². The van der Waals surface area contributed by atoms with Gasteiger partial charge < -0.3 is 0 Å². The average molecular weight is 321 g/mol. The van der Waals surface area contributed by atoms with Crippen molar-refractivity contribution in [1.82, 2.24) is 10.2 Å². The quantitative estimate of drug-likeness (QED) is 0.683. The molecule has 2 unspecified atom stereocenters. The molecule has 3 rings (SSSR count). The Labute approximate surface area is 135 Å². The fourth-order valence-electron chi connectivity index (χ4n) is 2.88. The van der Waals surface area contributed by atoms with Crippen molar-refractivity contribution in [2.45, 2.75) is 17.0 Å². The van der Waals surface area contributed by atoms with Gasteiger partial charge in [0.05, 0.1) is 17.0 Å². The molecule has 1 fully saturated rings. The Kier molecular flexibility index (Phi) is 4.81. The molecule has 2 aromatic carbocycles. The first kappa shape index (κ1) is 14.9. The zero-order valence-corrected chi connectivity index (χ0v) is 13.1. The fourth-order valence-corrected chi connectivity index (χ4v) is 3.61. The van der Waals surface area contributed by atoms with Gasteiger partial charge in [-0.1, -0.05) is 60.7 Å². The molecule has 0 saturated carbocycles. The molecule has 0 amide bonds. The Morgan fingerprint density at radius 1 is 0.810 bits per heavy atom. The summed E-state index contributed by atoms with van der Waals surface area (Å²) >= 11 is 12.6. The number of rotatable bonds is 3. The third-order valence-electron chi connectivity index (χ3n) is 3.75. The van der Waals surface area contributed by atoms with E-state index in [2.05, 4.69) is 58.7 Å². The second-order valence-electron chi connectivity index (χ2n) is 5.28. The number of benzene rings is 2. The van der Waals surface area contributed by atoms with Gasteiger partial charge in [0.25, 0.3) is 0 Å². The second-order valence-corrected chi connectivity index (χ2v) is 6.33. The second kappa shape index (κ2) is 6.80. The summed E-state index contributed by atoms with van der Waals surface area (Å²) in [7, 11) is 0. The molecule has 2 atom stereocenters. The molecule has 1 aliphatic rings. The molecular formula is C17H18Cl2N2. The SMILES string of the molecule is ClC1CN(C(c2ccccc2)c2ccccc2)CC(Cl)N1. The Morgan fingerprint density at radius 2 is 1.24 bits per heavy atom. The molecular weight excluding hydrogens is 303 g/mol. The number of piperazine rings is 1. The predicted molar refractivity (Wildman–Crippen MR) is 88.7 cm³/mol. The summed E-state index contributed by atoms with van der Waals surface area (Å²) in [5, 5.41) is 3.16. The molecule has 4 heteroatoms. The van der Waals surface area contributed by atoms with Crippen LogP contribution in [0.5, 0.6) is 0 Å². The van der Waals surface area contributed by atoms with E-state index in [1.165, 1.54) is 11.1 Å². The number of nitrogens with zero attached hydrogens (tertiary/aromatic N) is 1. The van der Waals surface area contributed by atoms with Gasteiger partial charge in [-0.05, 0) is 11.1 Å². The van der Waals surface area contributed by atoms with Gasteiger partial charge in [-0.2, -0.15) is 0 Å². The van der Waals surface area contributed by atoms with Crippen LogP contribution in [0, 0.1) is 0 Å². The van der Waals surface area contributed by atoms with Crippen molar-refractivity contribution >= 4 is 23.2 Å². The van der Waals surface area contributed by atoms with Crippen molar-refractivity contribution < 1.29 is 0 Å². The largest absolute Gasteiger partial charge is 0.287 e. The number of alkyl halides is 2. The van der Waals surface area contributed by atoms with Crippen molar-refractivity contribution in [2.75, 3.05) is 13.1 Å². The first-order chi connectivity index (χ1) is 10.2. The normalized spacial score (nSPS) is 23.4. The minimum Gasteiger partial charge on any atom is -0.287 e. The Balaban J connectivity index is 1.96. The third kappa shape index (κ3) is 3.58. The van der Waals surface area contributed by atoms with E-state index in [1.54, 1.807) is 0 Å². The van der Waals surface area contributed by atoms with Crippen molar-refractivity contribution in [2.24, 2.45) is 0 Å². The topological polar surface area (TPSA) is 15.3 Å². The highest BCUT2D eigenvalue weighted by Gasteiger charge is 2.30. The summed E-state index contributed by atoms with van der Waals surface area (Å²) in [6.45, 7) is 1.53. The van der Waals surface area contributed by atoms with E-state index in [4.69, 9.17) is 23.2 Å². The van der Waals surface area contributed by atoms with E-state index in [-0.39, 0.29) is 17.0 Å². The zero-order chi connectivity index (χ0) is 14.7. The van der Waals surface area contributed by atoms with Crippen LogP contribution in [0.3, 0.4) is 0 Å². The zero-order valence-electron chi connectivity index (χ0n) is 11.6. The van der Waals surface area contributed by atoms with Gasteiger partial charge in [0.1, 0.15) is 0 Å². The molecule has 2 nitrogen and oxygen atoms in total. The van der Waals surface area contributed by atoms with Crippen LogP contribution >= 0.6 is 23.2 Å². The monoisotopic (exact) mass is 320 g/mol. The lowest BCUT2D eigenvalue weighted by Gasteiger charge is -2.39. The summed E-state index contributed by atoms with van der Waals surface area (Å²) < 4.78 is 0. The number of halogens is 2. The molecule has 1 N–H and O–H groups in total. The molecule has 0 aromatic heterocycles. The lowest BCUT2D eigenvalue weighted by molar-refractivity contribution is 0.176. The van der Waals surface area contributed by atoms with E-state index in [1.807, 2.05) is 12.1 Å². The highest BCUT2D eigenvalue weighted by molar-refractivity contribution is 6.23. The van der Waals surface area contributed by atoms with E-state index < -0.39 is 0 Å². The summed E-state index contributed by atoms with van der Waals surface area (Å²) in [4.78, 5) is 2.34. The molecule has 0 bridgehead atoms. The Morgan fingerprint density at radius 3 is 1.67 bits per heavy atom. The van der Waals surface area contributed by atoms with Crippen LogP contribution < -0.4 is 5.32 Å². The van der Waals surface area contributed by atoms with Gasteiger partial charge in [-0.15, -0.1) is 23.2 Å². The van der Waals surface area contributed by atoms with E-state index in [9.17, 15) is 0 Å². The Hall–Kier alpha value is -1.06. The smallest absolute Gasteiger partial charge is 0.0965 e. The van der Waals surface area contributed by atoms with Crippen molar-refractivity contribution in [1.29, 1.82) is 0 Å². The van der Waals surface area contributed by atoms with Crippen LogP contribution in [0.4, 0.5) is 0 Å². The predicted octanol–water partition coefficient (Wildman–Crippen LogP) is 3.81. The van der Waals surface area contributed by atoms with Crippen LogP contribution in [-0.2, 0) is 0 Å². The molecule has 0 radical (unpaired) electrons. The highest BCUT2D eigenvalue weighted by Crippen LogP contribution is 2.30. The molecule has 1 heterocycles. The van der Waals surface area contributed by atoms with E-state index in [0.29, 0.717) is 0 Å². The van der Waals surface area contributed by atoms with Crippen LogP contribution in [0.1, 0.15) is 17.2 Å². The minimum atomic E-state index is -0.129. The van der Waals surface area contributed by atoms with E-state index >= 15 is 0 Å². The number of hydrogen-bond acceptors (Lipinski definition) is 2. The fraction of sp³-hybridized carbons (Fsp3) is 0.294. The minimum absolute atomic E-state index is 0.129. The van der Waals surface area contributed by atoms with Crippen molar-refractivity contribution in [3.63, 3.8) is 0 Å². The van der Waals surface area contributed by atoms with Crippen molar-refractivity contribution in [3.8, 4) is 0 Å². The molecule has 21 heavy (non-hydrogen) atoms. The van der Waals surface area contributed by atoms with Crippen LogP contribution in [-0.4, -0.2) is 29.0 Å². The summed E-state index contributed by atoms with van der Waals surface area (Å²) in [5.41, 5.74) is 2.27. The maximum absolute atomic E-state index is 6.29. The maximum Gasteiger partial charge on any atom is 0.0965 e. The van der Waals surface area contributed by atoms with Gasteiger partial charge >= 0.3 is 0 Å². The number of nitrogens with one attached hydrogen (secondary N) is 1. The van der Waals surface area contributed by atoms with Gasteiger partial charge in [0.2, 0.25) is 0 Å². The molecule has 0 spiro atoms. The molecule has 110 valence electrons. The van der Waals surface area contributed by atoms with Crippen LogP contribution in [0.25, 0.3) is 0 Å².